The molecule has 2 aromatic rings. The van der Waals surface area contributed by atoms with Crippen molar-refractivity contribution in [2.24, 2.45) is 4.99 Å². The van der Waals surface area contributed by atoms with Gasteiger partial charge >= 0.3 is 5.97 Å². The highest BCUT2D eigenvalue weighted by molar-refractivity contribution is 8.15. The molecule has 1 atom stereocenters. The average Bonchev–Trinajstić information content (AvgIpc) is 2.80. The third-order valence-electron chi connectivity index (χ3n) is 4.71. The molecule has 3 rings (SSSR count). The van der Waals surface area contributed by atoms with E-state index in [1.54, 1.807) is 67.5 Å². The van der Waals surface area contributed by atoms with E-state index in [2.05, 4.69) is 10.3 Å². The average molecular weight is 456 g/mol. The van der Waals surface area contributed by atoms with Crippen molar-refractivity contribution in [3.63, 3.8) is 0 Å². The number of nitrogens with zero attached hydrogens (tertiary/aromatic N) is 2. The molecule has 9 heteroatoms. The van der Waals surface area contributed by atoms with Crippen LogP contribution in [0.3, 0.4) is 0 Å². The predicted octanol–water partition coefficient (Wildman–Crippen LogP) is 3.85. The number of carbonyl (C=O) groups is 3. The van der Waals surface area contributed by atoms with E-state index in [1.165, 1.54) is 11.8 Å². The van der Waals surface area contributed by atoms with Crippen molar-refractivity contribution < 1.29 is 23.9 Å². The summed E-state index contributed by atoms with van der Waals surface area (Å²) >= 11 is 1.25. The zero-order chi connectivity index (χ0) is 23.1. The number of methoxy groups -OCH3 is 1. The van der Waals surface area contributed by atoms with Crippen molar-refractivity contribution in [3.8, 4) is 5.75 Å². The van der Waals surface area contributed by atoms with Gasteiger partial charge in [0, 0.05) is 18.7 Å². The number of carbonyl (C=O) groups excluding carboxylic acids is 3. The summed E-state index contributed by atoms with van der Waals surface area (Å²) in [5, 5.41) is 2.67. The molecule has 0 aliphatic carbocycles. The highest BCUT2D eigenvalue weighted by Crippen LogP contribution is 2.30. The minimum atomic E-state index is -0.618. The molecule has 32 heavy (non-hydrogen) atoms. The van der Waals surface area contributed by atoms with Crippen molar-refractivity contribution in [1.82, 2.24) is 4.90 Å². The van der Waals surface area contributed by atoms with Gasteiger partial charge in [-0.15, -0.1) is 0 Å². The van der Waals surface area contributed by atoms with Gasteiger partial charge in [0.2, 0.25) is 11.8 Å². The number of benzene rings is 2. The summed E-state index contributed by atoms with van der Waals surface area (Å²) in [5.74, 6) is -0.167. The van der Waals surface area contributed by atoms with Crippen LogP contribution in [0.4, 0.5) is 11.4 Å². The van der Waals surface area contributed by atoms with Gasteiger partial charge in [0.15, 0.2) is 5.17 Å². The lowest BCUT2D eigenvalue weighted by Crippen LogP contribution is -2.45. The molecule has 0 spiro atoms. The Balaban J connectivity index is 1.73. The van der Waals surface area contributed by atoms with Crippen LogP contribution < -0.4 is 10.1 Å². The summed E-state index contributed by atoms with van der Waals surface area (Å²) in [5.41, 5.74) is 1.59. The molecule has 1 aliphatic heterocycles. The van der Waals surface area contributed by atoms with E-state index < -0.39 is 11.2 Å². The second-order valence-electron chi connectivity index (χ2n) is 6.83. The first-order chi connectivity index (χ1) is 15.4. The molecule has 1 saturated heterocycles. The minimum absolute atomic E-state index is 0.0763. The van der Waals surface area contributed by atoms with Crippen LogP contribution in [-0.2, 0) is 14.3 Å². The van der Waals surface area contributed by atoms with E-state index in [9.17, 15) is 14.4 Å². The maximum atomic E-state index is 12.8. The van der Waals surface area contributed by atoms with Gasteiger partial charge in [-0.1, -0.05) is 11.8 Å². The van der Waals surface area contributed by atoms with Crippen LogP contribution in [0.25, 0.3) is 0 Å². The molecule has 1 N–H and O–H groups in total. The first-order valence-electron chi connectivity index (χ1n) is 10.2. The quantitative estimate of drug-likeness (QED) is 0.637. The van der Waals surface area contributed by atoms with Gasteiger partial charge in [0.25, 0.3) is 0 Å². The molecule has 0 radical (unpaired) electrons. The maximum absolute atomic E-state index is 12.8. The SMILES string of the molecule is CCOC(=O)c1ccc(NC(=O)C2CC(=O)N(CC)C(=Nc3ccc(OC)cc3)S2)cc1. The van der Waals surface area contributed by atoms with Crippen LogP contribution in [0.5, 0.6) is 5.75 Å². The molecule has 1 heterocycles. The van der Waals surface area contributed by atoms with E-state index in [0.717, 1.165) is 0 Å². The zero-order valence-corrected chi connectivity index (χ0v) is 19.0. The number of rotatable bonds is 7. The summed E-state index contributed by atoms with van der Waals surface area (Å²) in [7, 11) is 1.59. The normalized spacial score (nSPS) is 17.2. The van der Waals surface area contributed by atoms with Gasteiger partial charge in [-0.3, -0.25) is 14.5 Å². The second-order valence-corrected chi connectivity index (χ2v) is 8.00. The lowest BCUT2D eigenvalue weighted by atomic mass is 10.2. The Morgan fingerprint density at radius 2 is 1.81 bits per heavy atom. The topological polar surface area (TPSA) is 97.3 Å². The van der Waals surface area contributed by atoms with E-state index in [1.807, 2.05) is 6.92 Å². The zero-order valence-electron chi connectivity index (χ0n) is 18.2. The van der Waals surface area contributed by atoms with Crippen molar-refractivity contribution in [2.75, 3.05) is 25.6 Å². The Morgan fingerprint density at radius 3 is 2.41 bits per heavy atom. The Bertz CT molecular complexity index is 1010. The maximum Gasteiger partial charge on any atom is 0.338 e. The van der Waals surface area contributed by atoms with Crippen LogP contribution in [0, 0.1) is 0 Å². The molecule has 168 valence electrons. The second kappa shape index (κ2) is 10.8. The van der Waals surface area contributed by atoms with E-state index in [-0.39, 0.29) is 18.2 Å². The molecule has 1 fully saturated rings. The van der Waals surface area contributed by atoms with Crippen LogP contribution in [0.15, 0.2) is 53.5 Å². The summed E-state index contributed by atoms with van der Waals surface area (Å²) in [6.07, 6.45) is 0.0763. The number of amides is 2. The van der Waals surface area contributed by atoms with Crippen molar-refractivity contribution in [1.29, 1.82) is 0 Å². The third-order valence-corrected chi connectivity index (χ3v) is 5.90. The van der Waals surface area contributed by atoms with Crippen molar-refractivity contribution in [2.45, 2.75) is 25.5 Å². The number of amidine groups is 1. The Labute approximate surface area is 191 Å². The smallest absolute Gasteiger partial charge is 0.338 e. The van der Waals surface area contributed by atoms with Crippen LogP contribution in [0.2, 0.25) is 0 Å². The molecular weight excluding hydrogens is 430 g/mol. The van der Waals surface area contributed by atoms with Gasteiger partial charge in [0.05, 0.1) is 25.0 Å². The number of aliphatic imine (C=N–C) groups is 1. The fourth-order valence-electron chi connectivity index (χ4n) is 3.05. The van der Waals surface area contributed by atoms with Crippen molar-refractivity contribution >= 4 is 46.1 Å². The molecule has 2 amide bonds. The molecular formula is C23H25N3O5S. The Kier molecular flexibility index (Phi) is 7.88. The van der Waals surface area contributed by atoms with Gasteiger partial charge in [-0.05, 0) is 62.4 Å². The number of ether oxygens (including phenoxy) is 2. The summed E-state index contributed by atoms with van der Waals surface area (Å²) in [6.45, 7) is 4.36. The number of esters is 1. The highest BCUT2D eigenvalue weighted by Gasteiger charge is 2.35. The van der Waals surface area contributed by atoms with E-state index >= 15 is 0 Å². The fourth-order valence-corrected chi connectivity index (χ4v) is 4.21. The highest BCUT2D eigenvalue weighted by atomic mass is 32.2. The number of thioether (sulfide) groups is 1. The lowest BCUT2D eigenvalue weighted by Gasteiger charge is -2.30. The molecule has 2 aromatic carbocycles. The molecule has 1 aliphatic rings. The minimum Gasteiger partial charge on any atom is -0.497 e. The van der Waals surface area contributed by atoms with Crippen LogP contribution >= 0.6 is 11.8 Å². The van der Waals surface area contributed by atoms with Crippen molar-refractivity contribution in [3.05, 3.63) is 54.1 Å². The van der Waals surface area contributed by atoms with Gasteiger partial charge < -0.3 is 14.8 Å². The first-order valence-corrected chi connectivity index (χ1v) is 11.1. The van der Waals surface area contributed by atoms with Gasteiger partial charge in [-0.2, -0.15) is 0 Å². The molecule has 0 aromatic heterocycles. The number of nitrogens with one attached hydrogen (secondary N) is 1. The number of hydrogen-bond donors (Lipinski definition) is 1. The summed E-state index contributed by atoms with van der Waals surface area (Å²) in [4.78, 5) is 43.4. The molecule has 8 nitrogen and oxygen atoms in total. The van der Waals surface area contributed by atoms with Gasteiger partial charge in [0.1, 0.15) is 11.0 Å². The molecule has 1 unspecified atom stereocenters. The Hall–Kier alpha value is -3.33. The van der Waals surface area contributed by atoms with Gasteiger partial charge in [-0.25, -0.2) is 9.79 Å². The van der Waals surface area contributed by atoms with Crippen LogP contribution in [0.1, 0.15) is 30.6 Å². The largest absolute Gasteiger partial charge is 0.497 e. The summed E-state index contributed by atoms with van der Waals surface area (Å²) < 4.78 is 10.1. The Morgan fingerprint density at radius 1 is 1.12 bits per heavy atom. The molecule has 0 bridgehead atoms. The summed E-state index contributed by atoms with van der Waals surface area (Å²) in [6, 6.07) is 13.6. The van der Waals surface area contributed by atoms with Crippen LogP contribution in [-0.4, -0.2) is 53.4 Å². The monoisotopic (exact) mass is 455 g/mol. The third kappa shape index (κ3) is 5.67. The fraction of sp³-hybridized carbons (Fsp3) is 0.304. The van der Waals surface area contributed by atoms with E-state index in [0.29, 0.717) is 41.0 Å². The van der Waals surface area contributed by atoms with E-state index in [4.69, 9.17) is 9.47 Å². The lowest BCUT2D eigenvalue weighted by molar-refractivity contribution is -0.129. The number of hydrogen-bond acceptors (Lipinski definition) is 7. The first kappa shape index (κ1) is 23.3. The standard InChI is InChI=1S/C23H25N3O5S/c1-4-26-20(27)14-19(32-23(26)25-17-10-12-18(30-3)13-11-17)21(28)24-16-8-6-15(7-9-16)22(29)31-5-2/h6-13,19H,4-5,14H2,1-3H3,(H,24,28). The number of anilines is 1. The molecule has 0 saturated carbocycles. The predicted molar refractivity (Wildman–Crippen MR) is 125 cm³/mol.